The minimum atomic E-state index is -2.18. The van der Waals surface area contributed by atoms with Crippen LogP contribution in [0.4, 0.5) is 5.82 Å². The number of hydrogen-bond acceptors (Lipinski definition) is 8. The first kappa shape index (κ1) is 21.1. The third-order valence-electron chi connectivity index (χ3n) is 4.15. The van der Waals surface area contributed by atoms with Gasteiger partial charge in [0.05, 0.1) is 19.0 Å². The molecule has 9 nitrogen and oxygen atoms in total. The number of fused-ring (bicyclic) bond motifs is 1. The summed E-state index contributed by atoms with van der Waals surface area (Å²) in [5.41, 5.74) is 6.00. The highest BCUT2D eigenvalue weighted by Crippen LogP contribution is 2.32. The molecule has 0 aromatic carbocycles. The van der Waals surface area contributed by atoms with Gasteiger partial charge in [0.25, 0.3) is 6.35 Å². The van der Waals surface area contributed by atoms with E-state index in [9.17, 15) is 4.57 Å². The maximum absolute atomic E-state index is 12.1. The number of aromatic nitrogens is 4. The van der Waals surface area contributed by atoms with Crippen molar-refractivity contribution in [2.75, 3.05) is 12.1 Å². The summed E-state index contributed by atoms with van der Waals surface area (Å²) in [6, 6.07) is 0. The van der Waals surface area contributed by atoms with Crippen molar-refractivity contribution >= 4 is 25.0 Å². The Kier molecular flexibility index (Phi) is 7.15. The average Bonchev–Trinajstić information content (AvgIpc) is 3.05. The lowest BCUT2D eigenvalue weighted by atomic mass is 9.91. The Bertz CT molecular complexity index is 815. The summed E-state index contributed by atoms with van der Waals surface area (Å²) in [7, 11) is -2.18. The van der Waals surface area contributed by atoms with Gasteiger partial charge in [0.2, 0.25) is 0 Å². The van der Waals surface area contributed by atoms with E-state index in [0.29, 0.717) is 23.5 Å². The monoisotopic (exact) mass is 394 g/mol. The smallest absolute Gasteiger partial charge is 0.382 e. The van der Waals surface area contributed by atoms with E-state index in [1.54, 1.807) is 23.0 Å². The van der Waals surface area contributed by atoms with Crippen molar-refractivity contribution in [1.29, 1.82) is 0 Å². The van der Waals surface area contributed by atoms with E-state index in [1.165, 1.54) is 6.33 Å². The zero-order valence-electron chi connectivity index (χ0n) is 15.7. The number of hydrogen-bond donors (Lipinski definition) is 1. The van der Waals surface area contributed by atoms with Crippen molar-refractivity contribution in [1.82, 2.24) is 19.5 Å². The van der Waals surface area contributed by atoms with Crippen LogP contribution >= 0.6 is 8.03 Å². The summed E-state index contributed by atoms with van der Waals surface area (Å²) in [5.74, 6) is 0.332. The fourth-order valence-corrected chi connectivity index (χ4v) is 3.03. The summed E-state index contributed by atoms with van der Waals surface area (Å²) in [6.07, 6.45) is 5.73. The van der Waals surface area contributed by atoms with Crippen LogP contribution in [0.5, 0.6) is 0 Å². The van der Waals surface area contributed by atoms with Gasteiger partial charge in [-0.2, -0.15) is 4.89 Å². The second-order valence-electron chi connectivity index (χ2n) is 6.34. The van der Waals surface area contributed by atoms with Gasteiger partial charge in [-0.15, -0.1) is 0 Å². The van der Waals surface area contributed by atoms with Crippen LogP contribution in [0.1, 0.15) is 20.8 Å². The lowest BCUT2D eigenvalue weighted by Crippen LogP contribution is -2.33. The van der Waals surface area contributed by atoms with Gasteiger partial charge < -0.3 is 15.0 Å². The minimum absolute atomic E-state index is 0.0136. The predicted molar refractivity (Wildman–Crippen MR) is 103 cm³/mol. The molecule has 10 heteroatoms. The van der Waals surface area contributed by atoms with Crippen LogP contribution in [0.2, 0.25) is 0 Å². The molecule has 0 aliphatic heterocycles. The van der Waals surface area contributed by atoms with E-state index in [-0.39, 0.29) is 18.4 Å². The van der Waals surface area contributed by atoms with Gasteiger partial charge in [-0.05, 0) is 17.4 Å². The van der Waals surface area contributed by atoms with Crippen LogP contribution < -0.4 is 5.73 Å². The number of nitrogen functional groups attached to an aromatic ring is 1. The van der Waals surface area contributed by atoms with Gasteiger partial charge in [0, 0.05) is 4.67 Å². The Hall–Kier alpha value is -2.19. The summed E-state index contributed by atoms with van der Waals surface area (Å²) in [5, 5.41) is 0. The summed E-state index contributed by atoms with van der Waals surface area (Å²) in [4.78, 5) is 17.6. The molecule has 2 aromatic heterocycles. The number of nitrogens with two attached hydrogens (primary N) is 1. The number of imidazole rings is 1. The normalized spacial score (nSPS) is 13.7. The maximum Gasteiger partial charge on any atom is 0.568 e. The summed E-state index contributed by atoms with van der Waals surface area (Å²) in [6.45, 7) is 13.6. The first-order valence-corrected chi connectivity index (χ1v) is 9.79. The number of nitrogens with zero attached hydrogens (tertiary/aromatic N) is 4. The molecule has 146 valence electrons. The van der Waals surface area contributed by atoms with Gasteiger partial charge in [0.1, 0.15) is 17.4 Å². The van der Waals surface area contributed by atoms with Gasteiger partial charge in [0.15, 0.2) is 11.5 Å². The Balaban J connectivity index is 1.87. The standard InChI is InChI=1S/C17H25N5O4P/c1-6-17(7-2,12(3)4)25-26-27(23)11-24-13(5)8-22-10-21-14-15(18)19-9-20-16(14)22/h6-7,9-10,12-13H,1-2,8,11H2,3-5H3,(H2,18,19,20)/q+1/t13-/m0/s1. The molecule has 0 saturated carbocycles. The Morgan fingerprint density at radius 1 is 1.30 bits per heavy atom. The summed E-state index contributed by atoms with van der Waals surface area (Å²) < 4.78 is 24.4. The molecule has 2 aromatic rings. The van der Waals surface area contributed by atoms with Gasteiger partial charge in [-0.1, -0.05) is 39.2 Å². The van der Waals surface area contributed by atoms with Crippen molar-refractivity contribution in [3.63, 3.8) is 0 Å². The zero-order chi connectivity index (χ0) is 20.0. The molecule has 27 heavy (non-hydrogen) atoms. The van der Waals surface area contributed by atoms with E-state index in [4.69, 9.17) is 20.0 Å². The quantitative estimate of drug-likeness (QED) is 0.267. The molecule has 0 fully saturated rings. The highest BCUT2D eigenvalue weighted by Gasteiger charge is 2.34. The van der Waals surface area contributed by atoms with Crippen LogP contribution in [0, 0.1) is 5.92 Å². The van der Waals surface area contributed by atoms with Crippen LogP contribution in [-0.2, 0) is 25.4 Å². The SMILES string of the molecule is C=CC(C=C)(OO[P+](=O)CO[C@@H](C)Cn1cnc2c(N)ncnc21)C(C)C. The first-order chi connectivity index (χ1) is 12.8. The Morgan fingerprint density at radius 2 is 2.00 bits per heavy atom. The van der Waals surface area contributed by atoms with Crippen molar-refractivity contribution < 1.29 is 18.9 Å². The van der Waals surface area contributed by atoms with Crippen molar-refractivity contribution in [3.8, 4) is 0 Å². The third-order valence-corrected chi connectivity index (χ3v) is 4.75. The van der Waals surface area contributed by atoms with Crippen LogP contribution in [0.25, 0.3) is 11.2 Å². The van der Waals surface area contributed by atoms with E-state index in [2.05, 4.69) is 28.1 Å². The number of anilines is 1. The molecule has 2 rings (SSSR count). The molecular weight excluding hydrogens is 369 g/mol. The Morgan fingerprint density at radius 3 is 2.63 bits per heavy atom. The lowest BCUT2D eigenvalue weighted by molar-refractivity contribution is -0.268. The molecule has 0 saturated heterocycles. The largest absolute Gasteiger partial charge is 0.568 e. The molecule has 2 atom stereocenters. The van der Waals surface area contributed by atoms with Crippen LogP contribution in [-0.4, -0.2) is 37.6 Å². The molecule has 0 radical (unpaired) electrons. The van der Waals surface area contributed by atoms with E-state index in [1.807, 2.05) is 20.8 Å². The first-order valence-electron chi connectivity index (χ1n) is 8.43. The molecule has 0 aliphatic rings. The van der Waals surface area contributed by atoms with Crippen molar-refractivity contribution in [2.24, 2.45) is 5.92 Å². The van der Waals surface area contributed by atoms with Gasteiger partial charge in [-0.3, -0.25) is 0 Å². The lowest BCUT2D eigenvalue weighted by Gasteiger charge is -2.26. The summed E-state index contributed by atoms with van der Waals surface area (Å²) >= 11 is 0. The zero-order valence-corrected chi connectivity index (χ0v) is 16.6. The molecule has 2 N–H and O–H groups in total. The van der Waals surface area contributed by atoms with E-state index < -0.39 is 13.6 Å². The number of rotatable bonds is 11. The van der Waals surface area contributed by atoms with Crippen LogP contribution in [0.15, 0.2) is 38.0 Å². The molecule has 0 aliphatic carbocycles. The second kappa shape index (κ2) is 9.14. The highest BCUT2D eigenvalue weighted by atomic mass is 31.1. The molecule has 1 unspecified atom stereocenters. The Labute approximate surface area is 159 Å². The van der Waals surface area contributed by atoms with Crippen molar-refractivity contribution in [2.45, 2.75) is 39.0 Å². The molecule has 0 amide bonds. The van der Waals surface area contributed by atoms with Gasteiger partial charge >= 0.3 is 8.03 Å². The van der Waals surface area contributed by atoms with E-state index >= 15 is 0 Å². The third kappa shape index (κ3) is 4.95. The maximum atomic E-state index is 12.1. The molecule has 0 spiro atoms. The predicted octanol–water partition coefficient (Wildman–Crippen LogP) is 3.23. The molecule has 0 bridgehead atoms. The highest BCUT2D eigenvalue weighted by molar-refractivity contribution is 7.38. The molecular formula is C17H25N5O4P+. The fraction of sp³-hybridized carbons (Fsp3) is 0.471. The minimum Gasteiger partial charge on any atom is -0.382 e. The number of ether oxygens (including phenoxy) is 1. The fourth-order valence-electron chi connectivity index (χ4n) is 2.40. The van der Waals surface area contributed by atoms with Crippen LogP contribution in [0.3, 0.4) is 0 Å². The molecule has 2 heterocycles. The van der Waals surface area contributed by atoms with Gasteiger partial charge in [-0.25, -0.2) is 15.0 Å². The topological polar surface area (TPSA) is 114 Å². The second-order valence-corrected chi connectivity index (χ2v) is 7.41. The van der Waals surface area contributed by atoms with E-state index in [0.717, 1.165) is 0 Å². The van der Waals surface area contributed by atoms with Crippen molar-refractivity contribution in [3.05, 3.63) is 38.0 Å². The average molecular weight is 394 g/mol.